The summed E-state index contributed by atoms with van der Waals surface area (Å²) >= 11 is 0. The van der Waals surface area contributed by atoms with Crippen LogP contribution in [0.25, 0.3) is 11.0 Å². The third kappa shape index (κ3) is 3.28. The summed E-state index contributed by atoms with van der Waals surface area (Å²) in [6, 6.07) is 12.0. The number of hydrogen-bond donors (Lipinski definition) is 2. The van der Waals surface area contributed by atoms with Crippen LogP contribution >= 0.6 is 0 Å². The van der Waals surface area contributed by atoms with Gasteiger partial charge in [0.2, 0.25) is 11.8 Å². The third-order valence-corrected chi connectivity index (χ3v) is 4.24. The highest BCUT2D eigenvalue weighted by atomic mass is 16.5. The lowest BCUT2D eigenvalue weighted by atomic mass is 10.2. The first-order chi connectivity index (χ1) is 11.4. The van der Waals surface area contributed by atoms with E-state index < -0.39 is 0 Å². The number of ether oxygens (including phenoxy) is 1. The van der Waals surface area contributed by atoms with E-state index in [0.29, 0.717) is 12.6 Å². The number of rotatable bonds is 5. The summed E-state index contributed by atoms with van der Waals surface area (Å²) in [6.45, 7) is 0.684. The molecule has 0 saturated heterocycles. The number of para-hydroxylation sites is 2. The first kappa shape index (κ1) is 14.1. The lowest BCUT2D eigenvalue weighted by molar-refractivity contribution is 0.201. The van der Waals surface area contributed by atoms with Crippen molar-refractivity contribution in [2.45, 2.75) is 38.3 Å². The maximum absolute atomic E-state index is 5.95. The van der Waals surface area contributed by atoms with Crippen molar-refractivity contribution in [3.05, 3.63) is 48.2 Å². The van der Waals surface area contributed by atoms with Crippen LogP contribution in [-0.4, -0.2) is 21.1 Å². The molecule has 4 rings (SSSR count). The largest absolute Gasteiger partial charge is 0.474 e. The summed E-state index contributed by atoms with van der Waals surface area (Å²) in [6.07, 6.45) is 6.95. The summed E-state index contributed by atoms with van der Waals surface area (Å²) in [5.41, 5.74) is 3.14. The minimum atomic E-state index is 0.334. The second kappa shape index (κ2) is 6.28. The molecule has 2 aromatic heterocycles. The van der Waals surface area contributed by atoms with Gasteiger partial charge in [-0.15, -0.1) is 0 Å². The molecule has 3 aromatic rings. The number of fused-ring (bicyclic) bond motifs is 1. The van der Waals surface area contributed by atoms with E-state index in [-0.39, 0.29) is 0 Å². The molecule has 5 heteroatoms. The highest BCUT2D eigenvalue weighted by Crippen LogP contribution is 2.23. The number of pyridine rings is 1. The van der Waals surface area contributed by atoms with Gasteiger partial charge in [-0.25, -0.2) is 9.97 Å². The summed E-state index contributed by atoms with van der Waals surface area (Å²) < 4.78 is 5.95. The van der Waals surface area contributed by atoms with Gasteiger partial charge in [0, 0.05) is 18.8 Å². The number of hydrogen-bond acceptors (Lipinski definition) is 4. The minimum Gasteiger partial charge on any atom is -0.474 e. The molecular weight excluding hydrogens is 288 g/mol. The van der Waals surface area contributed by atoms with E-state index in [1.165, 1.54) is 12.8 Å². The van der Waals surface area contributed by atoms with Gasteiger partial charge >= 0.3 is 0 Å². The molecule has 1 saturated carbocycles. The van der Waals surface area contributed by atoms with E-state index >= 15 is 0 Å². The lowest BCUT2D eigenvalue weighted by Crippen LogP contribution is -2.12. The smallest absolute Gasteiger partial charge is 0.213 e. The molecule has 2 heterocycles. The maximum Gasteiger partial charge on any atom is 0.213 e. The Bertz CT molecular complexity index is 759. The van der Waals surface area contributed by atoms with E-state index in [9.17, 15) is 0 Å². The van der Waals surface area contributed by atoms with Gasteiger partial charge in [0.05, 0.1) is 11.0 Å². The van der Waals surface area contributed by atoms with Gasteiger partial charge in [0.25, 0.3) is 0 Å². The van der Waals surface area contributed by atoms with Gasteiger partial charge in [-0.1, -0.05) is 12.1 Å². The Kier molecular flexibility index (Phi) is 3.84. The molecule has 2 N–H and O–H groups in total. The van der Waals surface area contributed by atoms with Crippen molar-refractivity contribution in [1.82, 2.24) is 15.0 Å². The second-order valence-corrected chi connectivity index (χ2v) is 5.98. The lowest BCUT2D eigenvalue weighted by Gasteiger charge is -2.12. The Morgan fingerprint density at radius 3 is 2.91 bits per heavy atom. The van der Waals surface area contributed by atoms with Crippen molar-refractivity contribution in [1.29, 1.82) is 0 Å². The van der Waals surface area contributed by atoms with Crippen molar-refractivity contribution >= 4 is 17.0 Å². The molecule has 1 aliphatic carbocycles. The van der Waals surface area contributed by atoms with Gasteiger partial charge in [-0.05, 0) is 49.4 Å². The average molecular weight is 308 g/mol. The van der Waals surface area contributed by atoms with Gasteiger partial charge in [-0.2, -0.15) is 0 Å². The van der Waals surface area contributed by atoms with Crippen LogP contribution in [0.4, 0.5) is 5.95 Å². The zero-order valence-corrected chi connectivity index (χ0v) is 13.0. The van der Waals surface area contributed by atoms with Gasteiger partial charge < -0.3 is 15.0 Å². The zero-order valence-electron chi connectivity index (χ0n) is 13.0. The number of anilines is 1. The van der Waals surface area contributed by atoms with Gasteiger partial charge in [0.1, 0.15) is 6.10 Å². The maximum atomic E-state index is 5.95. The SMILES string of the molecule is c1ccc2[nH]c(NCc3ccnc(OC4CCCC4)c3)nc2c1. The van der Waals surface area contributed by atoms with E-state index in [2.05, 4.69) is 20.3 Å². The van der Waals surface area contributed by atoms with Crippen LogP contribution in [0, 0.1) is 0 Å². The van der Waals surface area contributed by atoms with Crippen LogP contribution in [0.2, 0.25) is 0 Å². The van der Waals surface area contributed by atoms with Crippen molar-refractivity contribution in [2.24, 2.45) is 0 Å². The standard InChI is InChI=1S/C18H20N4O/c1-2-6-14(5-1)23-17-11-13(9-10-19-17)12-20-18-21-15-7-3-4-8-16(15)22-18/h3-4,7-11,14H,1-2,5-6,12H2,(H2,20,21,22). The predicted octanol–water partition coefficient (Wildman–Crippen LogP) is 3.89. The van der Waals surface area contributed by atoms with Crippen molar-refractivity contribution < 1.29 is 4.74 Å². The Morgan fingerprint density at radius 2 is 2.04 bits per heavy atom. The molecule has 0 aliphatic heterocycles. The zero-order chi connectivity index (χ0) is 15.5. The summed E-state index contributed by atoms with van der Waals surface area (Å²) in [5, 5.41) is 3.32. The summed E-state index contributed by atoms with van der Waals surface area (Å²) in [7, 11) is 0. The van der Waals surface area contributed by atoms with Crippen LogP contribution in [0.15, 0.2) is 42.6 Å². The quantitative estimate of drug-likeness (QED) is 0.750. The first-order valence-electron chi connectivity index (χ1n) is 8.17. The van der Waals surface area contributed by atoms with Crippen LogP contribution in [-0.2, 0) is 6.54 Å². The molecule has 0 amide bonds. The average Bonchev–Trinajstić information content (AvgIpc) is 3.22. The highest BCUT2D eigenvalue weighted by Gasteiger charge is 2.17. The van der Waals surface area contributed by atoms with Crippen LogP contribution < -0.4 is 10.1 Å². The van der Waals surface area contributed by atoms with Crippen molar-refractivity contribution in [3.8, 4) is 5.88 Å². The first-order valence-corrected chi connectivity index (χ1v) is 8.17. The van der Waals surface area contributed by atoms with Gasteiger partial charge in [-0.3, -0.25) is 0 Å². The van der Waals surface area contributed by atoms with E-state index in [0.717, 1.165) is 41.3 Å². The summed E-state index contributed by atoms with van der Waals surface area (Å²) in [5.74, 6) is 1.50. The molecule has 23 heavy (non-hydrogen) atoms. The topological polar surface area (TPSA) is 62.8 Å². The number of H-pyrrole nitrogens is 1. The Labute approximate surface area is 135 Å². The van der Waals surface area contributed by atoms with E-state index in [1.807, 2.05) is 36.4 Å². The minimum absolute atomic E-state index is 0.334. The molecule has 0 unspecified atom stereocenters. The van der Waals surface area contributed by atoms with Crippen molar-refractivity contribution in [3.63, 3.8) is 0 Å². The van der Waals surface area contributed by atoms with Crippen LogP contribution in [0.5, 0.6) is 5.88 Å². The molecule has 5 nitrogen and oxygen atoms in total. The van der Waals surface area contributed by atoms with E-state index in [1.54, 1.807) is 6.20 Å². The third-order valence-electron chi connectivity index (χ3n) is 4.24. The number of aromatic amines is 1. The molecule has 0 spiro atoms. The predicted molar refractivity (Wildman–Crippen MR) is 90.5 cm³/mol. The fraction of sp³-hybridized carbons (Fsp3) is 0.333. The molecule has 1 aliphatic rings. The monoisotopic (exact) mass is 308 g/mol. The van der Waals surface area contributed by atoms with Crippen LogP contribution in [0.1, 0.15) is 31.2 Å². The van der Waals surface area contributed by atoms with Gasteiger partial charge in [0.15, 0.2) is 0 Å². The molecule has 118 valence electrons. The van der Waals surface area contributed by atoms with E-state index in [4.69, 9.17) is 4.74 Å². The second-order valence-electron chi connectivity index (χ2n) is 5.98. The van der Waals surface area contributed by atoms with Crippen molar-refractivity contribution in [2.75, 3.05) is 5.32 Å². The number of benzene rings is 1. The Hall–Kier alpha value is -2.56. The Balaban J connectivity index is 1.41. The fourth-order valence-electron chi connectivity index (χ4n) is 3.02. The fourth-order valence-corrected chi connectivity index (χ4v) is 3.02. The molecule has 0 atom stereocenters. The molecule has 1 aromatic carbocycles. The van der Waals surface area contributed by atoms with Crippen LogP contribution in [0.3, 0.4) is 0 Å². The highest BCUT2D eigenvalue weighted by molar-refractivity contribution is 5.77. The number of imidazole rings is 1. The molecule has 0 bridgehead atoms. The molecular formula is C18H20N4O. The number of nitrogens with one attached hydrogen (secondary N) is 2. The number of nitrogens with zero attached hydrogens (tertiary/aromatic N) is 2. The number of aromatic nitrogens is 3. The Morgan fingerprint density at radius 1 is 1.17 bits per heavy atom. The summed E-state index contributed by atoms with van der Waals surface area (Å²) in [4.78, 5) is 12.1. The molecule has 0 radical (unpaired) electrons. The molecule has 1 fully saturated rings. The normalized spacial score (nSPS) is 15.1.